The number of benzene rings is 2. The van der Waals surface area contributed by atoms with Gasteiger partial charge in [0.2, 0.25) is 5.91 Å². The summed E-state index contributed by atoms with van der Waals surface area (Å²) in [5.74, 6) is 0.293. The van der Waals surface area contributed by atoms with Crippen molar-refractivity contribution in [3.8, 4) is 0 Å². The van der Waals surface area contributed by atoms with Crippen LogP contribution in [0, 0.1) is 5.92 Å². The zero-order chi connectivity index (χ0) is 19.1. The van der Waals surface area contributed by atoms with Gasteiger partial charge in [0.1, 0.15) is 0 Å². The highest BCUT2D eigenvalue weighted by Crippen LogP contribution is 2.20. The van der Waals surface area contributed by atoms with Crippen LogP contribution in [0.15, 0.2) is 54.6 Å². The number of nitrogens with zero attached hydrogens (tertiary/aromatic N) is 1. The number of carbonyl (C=O) groups excluding carboxylic acids is 1. The molecule has 3 rings (SSSR count). The van der Waals surface area contributed by atoms with Crippen LogP contribution in [0.25, 0.3) is 0 Å². The molecule has 0 aliphatic carbocycles. The SMILES string of the molecule is C[C@H](CCc1ccccc1)NC(=O)[C@H]1CCCN(Cc2ccc(Cl)cc2)C1. The summed E-state index contributed by atoms with van der Waals surface area (Å²) < 4.78 is 0. The van der Waals surface area contributed by atoms with Gasteiger partial charge in [-0.2, -0.15) is 0 Å². The molecule has 1 aliphatic rings. The molecule has 1 heterocycles. The maximum absolute atomic E-state index is 12.7. The maximum Gasteiger partial charge on any atom is 0.224 e. The summed E-state index contributed by atoms with van der Waals surface area (Å²) in [5, 5.41) is 3.99. The van der Waals surface area contributed by atoms with Gasteiger partial charge in [0.15, 0.2) is 0 Å². The van der Waals surface area contributed by atoms with Crippen molar-refractivity contribution in [3.05, 3.63) is 70.7 Å². The zero-order valence-electron chi connectivity index (χ0n) is 16.0. The van der Waals surface area contributed by atoms with Crippen molar-refractivity contribution in [2.75, 3.05) is 13.1 Å². The van der Waals surface area contributed by atoms with Gasteiger partial charge in [-0.1, -0.05) is 54.1 Å². The Labute approximate surface area is 167 Å². The lowest BCUT2D eigenvalue weighted by Gasteiger charge is -2.32. The van der Waals surface area contributed by atoms with E-state index >= 15 is 0 Å². The number of amides is 1. The minimum atomic E-state index is 0.0882. The van der Waals surface area contributed by atoms with Gasteiger partial charge in [0, 0.05) is 24.2 Å². The largest absolute Gasteiger partial charge is 0.353 e. The van der Waals surface area contributed by atoms with Crippen molar-refractivity contribution in [3.63, 3.8) is 0 Å². The molecule has 2 atom stereocenters. The normalized spacial score (nSPS) is 18.8. The molecular formula is C23H29ClN2O. The summed E-state index contributed by atoms with van der Waals surface area (Å²) >= 11 is 5.97. The first-order chi connectivity index (χ1) is 13.1. The van der Waals surface area contributed by atoms with E-state index in [9.17, 15) is 4.79 Å². The van der Waals surface area contributed by atoms with Crippen molar-refractivity contribution in [1.29, 1.82) is 0 Å². The summed E-state index contributed by atoms with van der Waals surface area (Å²) in [6.07, 6.45) is 4.02. The number of piperidine rings is 1. The predicted octanol–water partition coefficient (Wildman–Crippen LogP) is 4.69. The lowest BCUT2D eigenvalue weighted by Crippen LogP contribution is -2.45. The Morgan fingerprint density at radius 1 is 1.15 bits per heavy atom. The van der Waals surface area contributed by atoms with Crippen molar-refractivity contribution < 1.29 is 4.79 Å². The molecule has 0 saturated carbocycles. The van der Waals surface area contributed by atoms with Crippen LogP contribution in [-0.4, -0.2) is 29.9 Å². The molecule has 1 amide bonds. The van der Waals surface area contributed by atoms with E-state index in [-0.39, 0.29) is 17.9 Å². The second-order valence-electron chi connectivity index (χ2n) is 7.63. The monoisotopic (exact) mass is 384 g/mol. The fraction of sp³-hybridized carbons (Fsp3) is 0.435. The summed E-state index contributed by atoms with van der Waals surface area (Å²) in [6, 6.07) is 18.6. The van der Waals surface area contributed by atoms with Crippen LogP contribution >= 0.6 is 11.6 Å². The Morgan fingerprint density at radius 2 is 1.89 bits per heavy atom. The lowest BCUT2D eigenvalue weighted by molar-refractivity contribution is -0.127. The Hall–Kier alpha value is -1.84. The molecule has 1 aliphatic heterocycles. The Bertz CT molecular complexity index is 717. The molecule has 0 bridgehead atoms. The van der Waals surface area contributed by atoms with E-state index in [0.717, 1.165) is 50.3 Å². The topological polar surface area (TPSA) is 32.3 Å². The van der Waals surface area contributed by atoms with Crippen molar-refractivity contribution in [1.82, 2.24) is 10.2 Å². The first-order valence-corrected chi connectivity index (χ1v) is 10.3. The molecule has 144 valence electrons. The Balaban J connectivity index is 1.45. The quantitative estimate of drug-likeness (QED) is 0.751. The third-order valence-corrected chi connectivity index (χ3v) is 5.55. The van der Waals surface area contributed by atoms with Crippen LogP contribution in [-0.2, 0) is 17.8 Å². The molecule has 0 aromatic heterocycles. The first-order valence-electron chi connectivity index (χ1n) is 9.91. The van der Waals surface area contributed by atoms with Crippen molar-refractivity contribution in [2.45, 2.75) is 45.2 Å². The van der Waals surface area contributed by atoms with E-state index in [0.29, 0.717) is 0 Å². The summed E-state index contributed by atoms with van der Waals surface area (Å²) in [7, 11) is 0. The number of likely N-dealkylation sites (tertiary alicyclic amines) is 1. The highest BCUT2D eigenvalue weighted by Gasteiger charge is 2.26. The first kappa shape index (κ1) is 19.9. The highest BCUT2D eigenvalue weighted by molar-refractivity contribution is 6.30. The number of hydrogen-bond donors (Lipinski definition) is 1. The molecule has 4 heteroatoms. The lowest BCUT2D eigenvalue weighted by atomic mass is 9.96. The van der Waals surface area contributed by atoms with Gasteiger partial charge in [0.05, 0.1) is 5.92 Å². The second kappa shape index (κ2) is 9.91. The van der Waals surface area contributed by atoms with Gasteiger partial charge in [-0.3, -0.25) is 9.69 Å². The number of rotatable bonds is 7. The summed E-state index contributed by atoms with van der Waals surface area (Å²) in [5.41, 5.74) is 2.57. The molecule has 3 nitrogen and oxygen atoms in total. The van der Waals surface area contributed by atoms with Crippen LogP contribution in [0.5, 0.6) is 0 Å². The minimum Gasteiger partial charge on any atom is -0.353 e. The fourth-order valence-electron chi connectivity index (χ4n) is 3.72. The average Bonchev–Trinajstić information content (AvgIpc) is 2.69. The van der Waals surface area contributed by atoms with Crippen LogP contribution < -0.4 is 5.32 Å². The maximum atomic E-state index is 12.7. The van der Waals surface area contributed by atoms with Crippen LogP contribution in [0.2, 0.25) is 5.02 Å². The van der Waals surface area contributed by atoms with Crippen molar-refractivity contribution in [2.24, 2.45) is 5.92 Å². The summed E-state index contributed by atoms with van der Waals surface area (Å²) in [4.78, 5) is 15.1. The molecule has 0 spiro atoms. The average molecular weight is 385 g/mol. The summed E-state index contributed by atoms with van der Waals surface area (Å²) in [6.45, 7) is 4.87. The predicted molar refractivity (Wildman–Crippen MR) is 112 cm³/mol. The zero-order valence-corrected chi connectivity index (χ0v) is 16.8. The number of hydrogen-bond acceptors (Lipinski definition) is 2. The van der Waals surface area contributed by atoms with Gasteiger partial charge in [-0.05, 0) is 62.4 Å². The molecular weight excluding hydrogens is 356 g/mol. The molecule has 1 N–H and O–H groups in total. The van der Waals surface area contributed by atoms with E-state index in [1.807, 2.05) is 18.2 Å². The van der Waals surface area contributed by atoms with E-state index < -0.39 is 0 Å². The van der Waals surface area contributed by atoms with Gasteiger partial charge < -0.3 is 5.32 Å². The second-order valence-corrected chi connectivity index (χ2v) is 8.07. The highest BCUT2D eigenvalue weighted by atomic mass is 35.5. The molecule has 27 heavy (non-hydrogen) atoms. The molecule has 0 radical (unpaired) electrons. The van der Waals surface area contributed by atoms with E-state index in [1.165, 1.54) is 11.1 Å². The molecule has 0 unspecified atom stereocenters. The number of halogens is 1. The van der Waals surface area contributed by atoms with E-state index in [4.69, 9.17) is 11.6 Å². The Kier molecular flexibility index (Phi) is 7.31. The number of nitrogens with one attached hydrogen (secondary N) is 1. The smallest absolute Gasteiger partial charge is 0.224 e. The fourth-order valence-corrected chi connectivity index (χ4v) is 3.85. The Morgan fingerprint density at radius 3 is 2.63 bits per heavy atom. The minimum absolute atomic E-state index is 0.0882. The van der Waals surface area contributed by atoms with E-state index in [2.05, 4.69) is 53.5 Å². The van der Waals surface area contributed by atoms with Gasteiger partial charge in [0.25, 0.3) is 0 Å². The third-order valence-electron chi connectivity index (χ3n) is 5.29. The van der Waals surface area contributed by atoms with E-state index in [1.54, 1.807) is 0 Å². The van der Waals surface area contributed by atoms with Gasteiger partial charge >= 0.3 is 0 Å². The van der Waals surface area contributed by atoms with Crippen LogP contribution in [0.3, 0.4) is 0 Å². The third kappa shape index (κ3) is 6.37. The molecule has 1 saturated heterocycles. The van der Waals surface area contributed by atoms with Gasteiger partial charge in [-0.15, -0.1) is 0 Å². The van der Waals surface area contributed by atoms with Crippen LogP contribution in [0.1, 0.15) is 37.3 Å². The van der Waals surface area contributed by atoms with Crippen LogP contribution in [0.4, 0.5) is 0 Å². The van der Waals surface area contributed by atoms with Gasteiger partial charge in [-0.25, -0.2) is 0 Å². The standard InChI is InChI=1S/C23H29ClN2O/c1-18(9-10-19-6-3-2-4-7-19)25-23(27)21-8-5-15-26(17-21)16-20-11-13-22(24)14-12-20/h2-4,6-7,11-14,18,21H,5,8-10,15-17H2,1H3,(H,25,27)/t18-,21+/m1/s1. The molecule has 1 fully saturated rings. The molecule has 2 aromatic carbocycles. The molecule has 2 aromatic rings. The number of aryl methyl sites for hydroxylation is 1. The van der Waals surface area contributed by atoms with Crippen molar-refractivity contribution >= 4 is 17.5 Å². The number of carbonyl (C=O) groups is 1.